The van der Waals surface area contributed by atoms with Crippen molar-refractivity contribution < 1.29 is 9.90 Å². The molecule has 2 aromatic carbocycles. The Morgan fingerprint density at radius 1 is 1.12 bits per heavy atom. The lowest BCUT2D eigenvalue weighted by molar-refractivity contribution is -0.136. The van der Waals surface area contributed by atoms with E-state index in [1.54, 1.807) is 0 Å². The fourth-order valence-electron chi connectivity index (χ4n) is 2.93. The Hall–Kier alpha value is -2.57. The molecule has 0 radical (unpaired) electrons. The van der Waals surface area contributed by atoms with Gasteiger partial charge in [-0.15, -0.1) is 0 Å². The van der Waals surface area contributed by atoms with Crippen molar-refractivity contribution in [1.29, 1.82) is 0 Å². The summed E-state index contributed by atoms with van der Waals surface area (Å²) in [6.07, 6.45) is 4.17. The normalized spacial score (nSPS) is 13.1. The third kappa shape index (κ3) is 5.75. The molecule has 0 saturated heterocycles. The Kier molecular flexibility index (Phi) is 6.09. The number of carboxylic acids is 1. The Labute approximate surface area is 155 Å². The van der Waals surface area contributed by atoms with Crippen molar-refractivity contribution in [3.05, 3.63) is 70.3 Å². The third-order valence-corrected chi connectivity index (χ3v) is 4.74. The van der Waals surface area contributed by atoms with Crippen molar-refractivity contribution in [1.82, 2.24) is 5.32 Å². The Bertz CT molecular complexity index is 824. The zero-order chi connectivity index (χ0) is 18.4. The van der Waals surface area contributed by atoms with Crippen LogP contribution in [0.1, 0.15) is 47.1 Å². The van der Waals surface area contributed by atoms with Gasteiger partial charge in [0.05, 0.1) is 6.42 Å². The fraction of sp³-hybridized carbons (Fsp3) is 0.348. The van der Waals surface area contributed by atoms with Gasteiger partial charge < -0.3 is 10.4 Å². The molecule has 2 aromatic rings. The van der Waals surface area contributed by atoms with E-state index in [1.807, 2.05) is 24.3 Å². The summed E-state index contributed by atoms with van der Waals surface area (Å²) in [5.41, 5.74) is 5.26. The molecule has 1 fully saturated rings. The zero-order valence-electron chi connectivity index (χ0n) is 15.2. The maximum Gasteiger partial charge on any atom is 0.307 e. The van der Waals surface area contributed by atoms with Gasteiger partial charge in [0.15, 0.2) is 0 Å². The Morgan fingerprint density at radius 2 is 1.81 bits per heavy atom. The van der Waals surface area contributed by atoms with E-state index in [0.29, 0.717) is 0 Å². The second-order valence-electron chi connectivity index (χ2n) is 7.07. The molecule has 0 amide bonds. The maximum absolute atomic E-state index is 10.7. The minimum absolute atomic E-state index is 0.0447. The molecule has 0 atom stereocenters. The summed E-state index contributed by atoms with van der Waals surface area (Å²) in [6, 6.07) is 13.7. The molecule has 0 spiro atoms. The van der Waals surface area contributed by atoms with E-state index in [4.69, 9.17) is 5.11 Å². The van der Waals surface area contributed by atoms with E-state index in [2.05, 4.69) is 42.3 Å². The highest BCUT2D eigenvalue weighted by Gasteiger charge is 2.19. The van der Waals surface area contributed by atoms with E-state index in [0.717, 1.165) is 35.7 Å². The van der Waals surface area contributed by atoms with E-state index >= 15 is 0 Å². The lowest BCUT2D eigenvalue weighted by Crippen LogP contribution is -2.15. The first kappa shape index (κ1) is 18.2. The summed E-state index contributed by atoms with van der Waals surface area (Å²) in [7, 11) is 0. The van der Waals surface area contributed by atoms with Crippen LogP contribution in [0.15, 0.2) is 42.5 Å². The minimum Gasteiger partial charge on any atom is -0.481 e. The van der Waals surface area contributed by atoms with Gasteiger partial charge in [0, 0.05) is 17.7 Å². The van der Waals surface area contributed by atoms with Crippen molar-refractivity contribution in [2.75, 3.05) is 6.54 Å². The van der Waals surface area contributed by atoms with Crippen LogP contribution < -0.4 is 5.32 Å². The summed E-state index contributed by atoms with van der Waals surface area (Å²) >= 11 is 0. The molecule has 0 heterocycles. The predicted octanol–water partition coefficient (Wildman–Crippen LogP) is 3.91. The van der Waals surface area contributed by atoms with E-state index in [-0.39, 0.29) is 6.42 Å². The molecule has 0 bridgehead atoms. The average molecular weight is 347 g/mol. The number of hydrogen-bond donors (Lipinski definition) is 2. The standard InChI is InChI=1S/C23H25NO2/c1-17-14-20(10-11-22(17)16-24-13-12-19-2-3-19)7-4-18-5-8-21(9-6-18)15-23(25)26/h5-6,8-11,14,19,24H,2-3,12-13,15-16H2,1H3,(H,25,26). The summed E-state index contributed by atoms with van der Waals surface area (Å²) < 4.78 is 0. The molecular weight excluding hydrogens is 322 g/mol. The first-order valence-corrected chi connectivity index (χ1v) is 9.23. The van der Waals surface area contributed by atoms with Crippen molar-refractivity contribution in [2.24, 2.45) is 5.92 Å². The van der Waals surface area contributed by atoms with Crippen LogP contribution in [0.4, 0.5) is 0 Å². The highest BCUT2D eigenvalue weighted by atomic mass is 16.4. The quantitative estimate of drug-likeness (QED) is 0.590. The molecular formula is C23H25NO2. The summed E-state index contributed by atoms with van der Waals surface area (Å²) in [5, 5.41) is 12.3. The molecule has 1 aliphatic rings. The molecule has 0 aliphatic heterocycles. The van der Waals surface area contributed by atoms with Crippen LogP contribution in [0, 0.1) is 24.7 Å². The van der Waals surface area contributed by atoms with Gasteiger partial charge >= 0.3 is 5.97 Å². The number of benzene rings is 2. The van der Waals surface area contributed by atoms with Gasteiger partial charge in [-0.3, -0.25) is 4.79 Å². The lowest BCUT2D eigenvalue weighted by Gasteiger charge is -2.08. The van der Waals surface area contributed by atoms with Gasteiger partial charge in [0.2, 0.25) is 0 Å². The zero-order valence-corrected chi connectivity index (χ0v) is 15.2. The molecule has 1 saturated carbocycles. The monoisotopic (exact) mass is 347 g/mol. The molecule has 3 heteroatoms. The van der Waals surface area contributed by atoms with Gasteiger partial charge in [-0.25, -0.2) is 0 Å². The SMILES string of the molecule is Cc1cc(C#Cc2ccc(CC(=O)O)cc2)ccc1CNCCC1CC1. The third-order valence-electron chi connectivity index (χ3n) is 4.74. The van der Waals surface area contributed by atoms with Gasteiger partial charge in [0.1, 0.15) is 0 Å². The molecule has 3 nitrogen and oxygen atoms in total. The molecule has 0 unspecified atom stereocenters. The number of nitrogens with one attached hydrogen (secondary N) is 1. The van der Waals surface area contributed by atoms with Crippen LogP contribution in [0.5, 0.6) is 0 Å². The second kappa shape index (κ2) is 8.69. The largest absolute Gasteiger partial charge is 0.481 e. The van der Waals surface area contributed by atoms with E-state index in [1.165, 1.54) is 30.4 Å². The number of carboxylic acid groups (broad SMARTS) is 1. The van der Waals surface area contributed by atoms with Crippen molar-refractivity contribution in [3.8, 4) is 11.8 Å². The van der Waals surface area contributed by atoms with Gasteiger partial charge in [0.25, 0.3) is 0 Å². The first-order valence-electron chi connectivity index (χ1n) is 9.23. The highest BCUT2D eigenvalue weighted by molar-refractivity contribution is 5.70. The number of carbonyl (C=O) groups is 1. The summed E-state index contributed by atoms with van der Waals surface area (Å²) in [6.45, 7) is 4.14. The molecule has 0 aromatic heterocycles. The van der Waals surface area contributed by atoms with Crippen LogP contribution >= 0.6 is 0 Å². The van der Waals surface area contributed by atoms with Gasteiger partial charge in [-0.2, -0.15) is 0 Å². The molecule has 134 valence electrons. The molecule has 1 aliphatic carbocycles. The number of hydrogen-bond acceptors (Lipinski definition) is 2. The molecule has 2 N–H and O–H groups in total. The van der Waals surface area contributed by atoms with Crippen LogP contribution in [-0.4, -0.2) is 17.6 Å². The van der Waals surface area contributed by atoms with Crippen LogP contribution in [0.25, 0.3) is 0 Å². The van der Waals surface area contributed by atoms with Crippen molar-refractivity contribution in [3.63, 3.8) is 0 Å². The van der Waals surface area contributed by atoms with Crippen LogP contribution in [0.3, 0.4) is 0 Å². The lowest BCUT2D eigenvalue weighted by atomic mass is 10.0. The Balaban J connectivity index is 1.56. The maximum atomic E-state index is 10.7. The Morgan fingerprint density at radius 3 is 2.46 bits per heavy atom. The number of aliphatic carboxylic acids is 1. The molecule has 3 rings (SSSR count). The van der Waals surface area contributed by atoms with Gasteiger partial charge in [-0.1, -0.05) is 42.9 Å². The molecule has 26 heavy (non-hydrogen) atoms. The summed E-state index contributed by atoms with van der Waals surface area (Å²) in [5.74, 6) is 6.49. The topological polar surface area (TPSA) is 49.3 Å². The van der Waals surface area contributed by atoms with Crippen molar-refractivity contribution >= 4 is 5.97 Å². The fourth-order valence-corrected chi connectivity index (χ4v) is 2.93. The van der Waals surface area contributed by atoms with Crippen LogP contribution in [-0.2, 0) is 17.8 Å². The number of aryl methyl sites for hydroxylation is 1. The minimum atomic E-state index is -0.818. The average Bonchev–Trinajstić information content (AvgIpc) is 3.43. The van der Waals surface area contributed by atoms with Gasteiger partial charge in [-0.05, 0) is 66.8 Å². The van der Waals surface area contributed by atoms with E-state index in [9.17, 15) is 4.79 Å². The van der Waals surface area contributed by atoms with Crippen molar-refractivity contribution in [2.45, 2.75) is 39.2 Å². The second-order valence-corrected chi connectivity index (χ2v) is 7.07. The van der Waals surface area contributed by atoms with E-state index < -0.39 is 5.97 Å². The smallest absolute Gasteiger partial charge is 0.307 e. The highest BCUT2D eigenvalue weighted by Crippen LogP contribution is 2.31. The predicted molar refractivity (Wildman–Crippen MR) is 104 cm³/mol. The first-order chi connectivity index (χ1) is 12.6. The summed E-state index contributed by atoms with van der Waals surface area (Å²) in [4.78, 5) is 10.7. The van der Waals surface area contributed by atoms with Crippen LogP contribution in [0.2, 0.25) is 0 Å². The number of rotatable bonds is 7.